The SMILES string of the molecule is CC(=O)Nc1ccc(/C=C/C(=O)NCC(C)(O)c2ccccc2)cc1. The van der Waals surface area contributed by atoms with Crippen molar-refractivity contribution in [3.63, 3.8) is 0 Å². The van der Waals surface area contributed by atoms with E-state index in [-0.39, 0.29) is 18.4 Å². The van der Waals surface area contributed by atoms with Crippen LogP contribution in [0.4, 0.5) is 5.69 Å². The number of amides is 2. The molecular weight excluding hydrogens is 316 g/mol. The molecule has 0 spiro atoms. The highest BCUT2D eigenvalue weighted by Crippen LogP contribution is 2.18. The fourth-order valence-corrected chi connectivity index (χ4v) is 2.27. The molecule has 25 heavy (non-hydrogen) atoms. The number of benzene rings is 2. The molecule has 2 aromatic rings. The molecule has 2 rings (SSSR count). The van der Waals surface area contributed by atoms with E-state index in [0.29, 0.717) is 5.69 Å². The minimum atomic E-state index is -1.13. The molecule has 0 radical (unpaired) electrons. The van der Waals surface area contributed by atoms with Gasteiger partial charge in [0.25, 0.3) is 0 Å². The Bertz CT molecular complexity index is 750. The first-order chi connectivity index (χ1) is 11.9. The number of hydrogen-bond acceptors (Lipinski definition) is 3. The van der Waals surface area contributed by atoms with Gasteiger partial charge in [-0.05, 0) is 36.3 Å². The molecule has 0 saturated carbocycles. The van der Waals surface area contributed by atoms with E-state index in [9.17, 15) is 14.7 Å². The van der Waals surface area contributed by atoms with Crippen LogP contribution in [0.1, 0.15) is 25.0 Å². The van der Waals surface area contributed by atoms with Crippen molar-refractivity contribution in [1.82, 2.24) is 5.32 Å². The van der Waals surface area contributed by atoms with Crippen LogP contribution in [0.3, 0.4) is 0 Å². The zero-order valence-corrected chi connectivity index (χ0v) is 14.3. The largest absolute Gasteiger partial charge is 0.384 e. The van der Waals surface area contributed by atoms with Gasteiger partial charge in [-0.2, -0.15) is 0 Å². The lowest BCUT2D eigenvalue weighted by molar-refractivity contribution is -0.117. The Hall–Kier alpha value is -2.92. The minimum Gasteiger partial charge on any atom is -0.384 e. The Morgan fingerprint density at radius 2 is 1.72 bits per heavy atom. The maximum Gasteiger partial charge on any atom is 0.244 e. The van der Waals surface area contributed by atoms with Crippen molar-refractivity contribution < 1.29 is 14.7 Å². The van der Waals surface area contributed by atoms with E-state index in [1.54, 1.807) is 37.3 Å². The second kappa shape index (κ2) is 8.26. The second-order valence-corrected chi connectivity index (χ2v) is 5.99. The summed E-state index contributed by atoms with van der Waals surface area (Å²) >= 11 is 0. The van der Waals surface area contributed by atoms with Gasteiger partial charge in [-0.3, -0.25) is 9.59 Å². The second-order valence-electron chi connectivity index (χ2n) is 5.99. The molecule has 0 saturated heterocycles. The Kier molecular flexibility index (Phi) is 6.08. The molecule has 130 valence electrons. The highest BCUT2D eigenvalue weighted by Gasteiger charge is 2.22. The lowest BCUT2D eigenvalue weighted by Crippen LogP contribution is -2.37. The zero-order valence-electron chi connectivity index (χ0n) is 14.3. The lowest BCUT2D eigenvalue weighted by atomic mass is 9.96. The molecular formula is C20H22N2O3. The topological polar surface area (TPSA) is 78.4 Å². The van der Waals surface area contributed by atoms with E-state index in [4.69, 9.17) is 0 Å². The fourth-order valence-electron chi connectivity index (χ4n) is 2.27. The van der Waals surface area contributed by atoms with Gasteiger partial charge in [0.2, 0.25) is 11.8 Å². The van der Waals surface area contributed by atoms with Crippen molar-refractivity contribution in [2.24, 2.45) is 0 Å². The Morgan fingerprint density at radius 1 is 1.08 bits per heavy atom. The van der Waals surface area contributed by atoms with Gasteiger partial charge < -0.3 is 15.7 Å². The maximum absolute atomic E-state index is 11.9. The third kappa shape index (κ3) is 5.90. The van der Waals surface area contributed by atoms with Crippen molar-refractivity contribution in [3.05, 3.63) is 71.8 Å². The summed E-state index contributed by atoms with van der Waals surface area (Å²) in [6, 6.07) is 16.3. The van der Waals surface area contributed by atoms with E-state index >= 15 is 0 Å². The standard InChI is InChI=1S/C20H22N2O3/c1-15(23)22-18-11-8-16(9-12-18)10-13-19(24)21-14-20(2,25)17-6-4-3-5-7-17/h3-13,25H,14H2,1-2H3,(H,21,24)(H,22,23)/b13-10+. The third-order valence-corrected chi connectivity index (χ3v) is 3.66. The van der Waals surface area contributed by atoms with E-state index in [1.165, 1.54) is 13.0 Å². The van der Waals surface area contributed by atoms with Crippen LogP contribution < -0.4 is 10.6 Å². The maximum atomic E-state index is 11.9. The fraction of sp³-hybridized carbons (Fsp3) is 0.200. The van der Waals surface area contributed by atoms with Gasteiger partial charge in [-0.1, -0.05) is 42.5 Å². The van der Waals surface area contributed by atoms with E-state index in [2.05, 4.69) is 10.6 Å². The summed E-state index contributed by atoms with van der Waals surface area (Å²) in [6.45, 7) is 3.22. The molecule has 2 amide bonds. The van der Waals surface area contributed by atoms with Gasteiger partial charge in [-0.15, -0.1) is 0 Å². The molecule has 1 atom stereocenters. The molecule has 1 unspecified atom stereocenters. The molecule has 0 heterocycles. The van der Waals surface area contributed by atoms with Crippen molar-refractivity contribution in [3.8, 4) is 0 Å². The van der Waals surface area contributed by atoms with Crippen LogP contribution in [0.25, 0.3) is 6.08 Å². The van der Waals surface area contributed by atoms with Crippen LogP contribution in [0, 0.1) is 0 Å². The highest BCUT2D eigenvalue weighted by molar-refractivity contribution is 5.92. The molecule has 0 aliphatic rings. The number of carbonyl (C=O) groups is 2. The Labute approximate surface area is 147 Å². The number of aliphatic hydroxyl groups is 1. The number of rotatable bonds is 6. The van der Waals surface area contributed by atoms with Gasteiger partial charge in [0, 0.05) is 18.7 Å². The predicted octanol–water partition coefficient (Wildman–Crippen LogP) is 2.68. The molecule has 0 bridgehead atoms. The first kappa shape index (κ1) is 18.4. The summed E-state index contributed by atoms with van der Waals surface area (Å²) in [5.41, 5.74) is 1.14. The van der Waals surface area contributed by atoms with E-state index in [0.717, 1.165) is 11.1 Å². The van der Waals surface area contributed by atoms with Crippen molar-refractivity contribution in [2.75, 3.05) is 11.9 Å². The van der Waals surface area contributed by atoms with Gasteiger partial charge in [0.05, 0.1) is 6.54 Å². The summed E-state index contributed by atoms with van der Waals surface area (Å²) in [7, 11) is 0. The molecule has 3 N–H and O–H groups in total. The van der Waals surface area contributed by atoms with Crippen molar-refractivity contribution in [2.45, 2.75) is 19.4 Å². The smallest absolute Gasteiger partial charge is 0.244 e. The normalized spacial score (nSPS) is 13.2. The quantitative estimate of drug-likeness (QED) is 0.709. The molecule has 2 aromatic carbocycles. The van der Waals surface area contributed by atoms with Gasteiger partial charge in [-0.25, -0.2) is 0 Å². The van der Waals surface area contributed by atoms with E-state index < -0.39 is 5.60 Å². The first-order valence-corrected chi connectivity index (χ1v) is 7.98. The molecule has 5 heteroatoms. The van der Waals surface area contributed by atoms with Crippen LogP contribution in [0.15, 0.2) is 60.7 Å². The van der Waals surface area contributed by atoms with Gasteiger partial charge >= 0.3 is 0 Å². The summed E-state index contributed by atoms with van der Waals surface area (Å²) in [5, 5.41) is 15.8. The summed E-state index contributed by atoms with van der Waals surface area (Å²) in [4.78, 5) is 22.9. The van der Waals surface area contributed by atoms with Crippen LogP contribution in [0.2, 0.25) is 0 Å². The number of carbonyl (C=O) groups excluding carboxylic acids is 2. The predicted molar refractivity (Wildman–Crippen MR) is 98.8 cm³/mol. The summed E-state index contributed by atoms with van der Waals surface area (Å²) in [5.74, 6) is -0.421. The number of nitrogens with one attached hydrogen (secondary N) is 2. The summed E-state index contributed by atoms with van der Waals surface area (Å²) in [6.07, 6.45) is 3.08. The molecule has 5 nitrogen and oxygen atoms in total. The monoisotopic (exact) mass is 338 g/mol. The first-order valence-electron chi connectivity index (χ1n) is 7.98. The lowest BCUT2D eigenvalue weighted by Gasteiger charge is -2.23. The minimum absolute atomic E-state index is 0.113. The Balaban J connectivity index is 1.89. The van der Waals surface area contributed by atoms with Gasteiger partial charge in [0.15, 0.2) is 0 Å². The van der Waals surface area contributed by atoms with Crippen LogP contribution >= 0.6 is 0 Å². The molecule has 0 aliphatic heterocycles. The van der Waals surface area contributed by atoms with Crippen LogP contribution in [0.5, 0.6) is 0 Å². The zero-order chi connectivity index (χ0) is 18.3. The van der Waals surface area contributed by atoms with Crippen LogP contribution in [-0.4, -0.2) is 23.5 Å². The highest BCUT2D eigenvalue weighted by atomic mass is 16.3. The Morgan fingerprint density at radius 3 is 2.32 bits per heavy atom. The van der Waals surface area contributed by atoms with E-state index in [1.807, 2.05) is 30.3 Å². The molecule has 0 aromatic heterocycles. The number of hydrogen-bond donors (Lipinski definition) is 3. The summed E-state index contributed by atoms with van der Waals surface area (Å²) < 4.78 is 0. The average molecular weight is 338 g/mol. The molecule has 0 aliphatic carbocycles. The van der Waals surface area contributed by atoms with Crippen molar-refractivity contribution >= 4 is 23.6 Å². The van der Waals surface area contributed by atoms with Crippen LogP contribution in [-0.2, 0) is 15.2 Å². The van der Waals surface area contributed by atoms with Crippen molar-refractivity contribution in [1.29, 1.82) is 0 Å². The van der Waals surface area contributed by atoms with Gasteiger partial charge in [0.1, 0.15) is 5.60 Å². The third-order valence-electron chi connectivity index (χ3n) is 3.66. The number of anilines is 1. The average Bonchev–Trinajstić information content (AvgIpc) is 2.60. The molecule has 0 fully saturated rings.